The van der Waals surface area contributed by atoms with Crippen LogP contribution in [-0.4, -0.2) is 5.78 Å². The molecule has 84 valence electrons. The van der Waals surface area contributed by atoms with Gasteiger partial charge in [-0.15, -0.1) is 0 Å². The molecule has 1 atom stereocenters. The molecule has 0 rings (SSSR count). The molecule has 0 aliphatic heterocycles. The van der Waals surface area contributed by atoms with Gasteiger partial charge in [-0.05, 0) is 25.2 Å². The monoisotopic (exact) mass is 198 g/mol. The standard InChI is InChI=1S/C13H26O/c1-11(2)7-5-8-12(3)9-6-10-13(4)14/h11-12H,5-10H2,1-4H3. The van der Waals surface area contributed by atoms with E-state index >= 15 is 0 Å². The number of hydrogen-bond donors (Lipinski definition) is 0. The van der Waals surface area contributed by atoms with E-state index in [4.69, 9.17) is 0 Å². The second kappa shape index (κ2) is 8.02. The Balaban J connectivity index is 3.27. The summed E-state index contributed by atoms with van der Waals surface area (Å²) in [5.74, 6) is 1.96. The quantitative estimate of drug-likeness (QED) is 0.571. The van der Waals surface area contributed by atoms with Gasteiger partial charge < -0.3 is 4.79 Å². The zero-order valence-electron chi connectivity index (χ0n) is 10.3. The molecule has 0 fully saturated rings. The Bertz CT molecular complexity index is 149. The molecular weight excluding hydrogens is 172 g/mol. The lowest BCUT2D eigenvalue weighted by molar-refractivity contribution is -0.117. The molecule has 0 aromatic carbocycles. The van der Waals surface area contributed by atoms with Gasteiger partial charge in [0.05, 0.1) is 0 Å². The molecule has 0 aliphatic rings. The summed E-state index contributed by atoms with van der Waals surface area (Å²) >= 11 is 0. The fourth-order valence-electron chi connectivity index (χ4n) is 1.72. The minimum absolute atomic E-state index is 0.333. The van der Waals surface area contributed by atoms with Crippen LogP contribution in [-0.2, 0) is 4.79 Å². The summed E-state index contributed by atoms with van der Waals surface area (Å²) in [5, 5.41) is 0. The lowest BCUT2D eigenvalue weighted by Crippen LogP contribution is -1.98. The van der Waals surface area contributed by atoms with Gasteiger partial charge in [0.25, 0.3) is 0 Å². The molecule has 1 nitrogen and oxygen atoms in total. The van der Waals surface area contributed by atoms with Gasteiger partial charge in [-0.2, -0.15) is 0 Å². The third-order valence-electron chi connectivity index (χ3n) is 2.70. The van der Waals surface area contributed by atoms with E-state index in [2.05, 4.69) is 20.8 Å². The van der Waals surface area contributed by atoms with E-state index in [1.165, 1.54) is 25.7 Å². The van der Waals surface area contributed by atoms with E-state index in [0.29, 0.717) is 5.78 Å². The maximum absolute atomic E-state index is 10.7. The Morgan fingerprint density at radius 1 is 1.00 bits per heavy atom. The highest BCUT2D eigenvalue weighted by Crippen LogP contribution is 2.17. The first-order chi connectivity index (χ1) is 6.52. The minimum Gasteiger partial charge on any atom is -0.300 e. The molecule has 0 saturated carbocycles. The summed E-state index contributed by atoms with van der Waals surface area (Å²) in [6.45, 7) is 8.55. The Morgan fingerprint density at radius 3 is 2.07 bits per heavy atom. The molecule has 1 unspecified atom stereocenters. The highest BCUT2D eigenvalue weighted by atomic mass is 16.1. The average molecular weight is 198 g/mol. The predicted molar refractivity (Wildman–Crippen MR) is 62.4 cm³/mol. The summed E-state index contributed by atoms with van der Waals surface area (Å²) < 4.78 is 0. The van der Waals surface area contributed by atoms with Crippen LogP contribution in [0.15, 0.2) is 0 Å². The molecule has 0 aromatic rings. The largest absolute Gasteiger partial charge is 0.300 e. The SMILES string of the molecule is CC(=O)CCCC(C)CCCC(C)C. The number of rotatable bonds is 8. The summed E-state index contributed by atoms with van der Waals surface area (Å²) in [4.78, 5) is 10.7. The zero-order chi connectivity index (χ0) is 11.0. The molecule has 0 bridgehead atoms. The van der Waals surface area contributed by atoms with Crippen molar-refractivity contribution in [1.82, 2.24) is 0 Å². The van der Waals surface area contributed by atoms with Crippen LogP contribution in [0.5, 0.6) is 0 Å². The van der Waals surface area contributed by atoms with Crippen LogP contribution < -0.4 is 0 Å². The van der Waals surface area contributed by atoms with E-state index in [1.54, 1.807) is 6.92 Å². The van der Waals surface area contributed by atoms with Gasteiger partial charge >= 0.3 is 0 Å². The molecule has 0 spiro atoms. The zero-order valence-corrected chi connectivity index (χ0v) is 10.3. The van der Waals surface area contributed by atoms with Crippen LogP contribution in [0.3, 0.4) is 0 Å². The minimum atomic E-state index is 0.333. The molecule has 0 aliphatic carbocycles. The highest BCUT2D eigenvalue weighted by molar-refractivity contribution is 5.75. The van der Waals surface area contributed by atoms with Crippen LogP contribution in [0.2, 0.25) is 0 Å². The molecule has 0 radical (unpaired) electrons. The van der Waals surface area contributed by atoms with Crippen LogP contribution in [0, 0.1) is 11.8 Å². The van der Waals surface area contributed by atoms with Crippen LogP contribution >= 0.6 is 0 Å². The van der Waals surface area contributed by atoms with Gasteiger partial charge in [-0.1, -0.05) is 46.5 Å². The van der Waals surface area contributed by atoms with Gasteiger partial charge in [0.15, 0.2) is 0 Å². The summed E-state index contributed by atoms with van der Waals surface area (Å²) in [5.41, 5.74) is 0. The van der Waals surface area contributed by atoms with Crippen molar-refractivity contribution in [2.75, 3.05) is 0 Å². The van der Waals surface area contributed by atoms with Gasteiger partial charge in [-0.25, -0.2) is 0 Å². The van der Waals surface area contributed by atoms with Gasteiger partial charge in [0, 0.05) is 6.42 Å². The third-order valence-corrected chi connectivity index (χ3v) is 2.70. The molecule has 0 amide bonds. The van der Waals surface area contributed by atoms with Crippen molar-refractivity contribution >= 4 is 5.78 Å². The van der Waals surface area contributed by atoms with Gasteiger partial charge in [-0.3, -0.25) is 0 Å². The van der Waals surface area contributed by atoms with Crippen LogP contribution in [0.1, 0.15) is 66.2 Å². The number of carbonyl (C=O) groups is 1. The van der Waals surface area contributed by atoms with Gasteiger partial charge in [0.1, 0.15) is 5.78 Å². The number of hydrogen-bond acceptors (Lipinski definition) is 1. The molecule has 1 heteroatoms. The van der Waals surface area contributed by atoms with E-state index in [1.807, 2.05) is 0 Å². The molecule has 0 heterocycles. The van der Waals surface area contributed by atoms with Crippen molar-refractivity contribution in [2.24, 2.45) is 11.8 Å². The van der Waals surface area contributed by atoms with Crippen LogP contribution in [0.4, 0.5) is 0 Å². The van der Waals surface area contributed by atoms with E-state index in [9.17, 15) is 4.79 Å². The van der Waals surface area contributed by atoms with E-state index in [0.717, 1.165) is 24.7 Å². The molecule has 0 saturated heterocycles. The second-order valence-corrected chi connectivity index (χ2v) is 5.02. The summed E-state index contributed by atoms with van der Waals surface area (Å²) in [6, 6.07) is 0. The summed E-state index contributed by atoms with van der Waals surface area (Å²) in [6.07, 6.45) is 7.09. The number of ketones is 1. The van der Waals surface area contributed by atoms with Crippen LogP contribution in [0.25, 0.3) is 0 Å². The number of carbonyl (C=O) groups excluding carboxylic acids is 1. The van der Waals surface area contributed by atoms with Crippen molar-refractivity contribution in [3.05, 3.63) is 0 Å². The Kier molecular flexibility index (Phi) is 7.83. The first-order valence-corrected chi connectivity index (χ1v) is 6.01. The first kappa shape index (κ1) is 13.7. The Hall–Kier alpha value is -0.330. The maximum Gasteiger partial charge on any atom is 0.129 e. The smallest absolute Gasteiger partial charge is 0.129 e. The predicted octanol–water partition coefficient (Wildman–Crippen LogP) is 4.21. The lowest BCUT2D eigenvalue weighted by Gasteiger charge is -2.11. The fourth-order valence-corrected chi connectivity index (χ4v) is 1.72. The number of Topliss-reactive ketones (excluding diaryl/α,β-unsaturated/α-hetero) is 1. The average Bonchev–Trinajstić information content (AvgIpc) is 2.02. The second-order valence-electron chi connectivity index (χ2n) is 5.02. The fraction of sp³-hybridized carbons (Fsp3) is 0.923. The molecular formula is C13H26O. The van der Waals surface area contributed by atoms with Crippen molar-refractivity contribution in [3.8, 4) is 0 Å². The Morgan fingerprint density at radius 2 is 1.57 bits per heavy atom. The summed E-state index contributed by atoms with van der Waals surface area (Å²) in [7, 11) is 0. The van der Waals surface area contributed by atoms with Crippen molar-refractivity contribution in [3.63, 3.8) is 0 Å². The lowest BCUT2D eigenvalue weighted by atomic mass is 9.95. The molecule has 0 aromatic heterocycles. The van der Waals surface area contributed by atoms with E-state index < -0.39 is 0 Å². The normalized spacial score (nSPS) is 13.2. The first-order valence-electron chi connectivity index (χ1n) is 6.01. The molecule has 0 N–H and O–H groups in total. The van der Waals surface area contributed by atoms with Gasteiger partial charge in [0.2, 0.25) is 0 Å². The van der Waals surface area contributed by atoms with Crippen molar-refractivity contribution in [1.29, 1.82) is 0 Å². The third kappa shape index (κ3) is 9.76. The Labute approximate surface area is 89.3 Å². The van der Waals surface area contributed by atoms with Crippen molar-refractivity contribution < 1.29 is 4.79 Å². The van der Waals surface area contributed by atoms with E-state index in [-0.39, 0.29) is 0 Å². The highest BCUT2D eigenvalue weighted by Gasteiger charge is 2.03. The topological polar surface area (TPSA) is 17.1 Å². The molecule has 14 heavy (non-hydrogen) atoms. The maximum atomic E-state index is 10.7. The van der Waals surface area contributed by atoms with Crippen molar-refractivity contribution in [2.45, 2.75) is 66.2 Å².